The summed E-state index contributed by atoms with van der Waals surface area (Å²) in [6.07, 6.45) is 3.75. The van der Waals surface area contributed by atoms with Crippen LogP contribution in [0.5, 0.6) is 0 Å². The summed E-state index contributed by atoms with van der Waals surface area (Å²) in [5, 5.41) is 18.0. The number of carbonyl (C=O) groups excluding carboxylic acids is 1. The summed E-state index contributed by atoms with van der Waals surface area (Å²) in [6, 6.07) is 0. The molecular formula is C13H16N4O3S. The molecule has 0 aliphatic rings. The van der Waals surface area contributed by atoms with Crippen LogP contribution in [-0.4, -0.2) is 37.3 Å². The van der Waals surface area contributed by atoms with Gasteiger partial charge in [0.2, 0.25) is 0 Å². The summed E-state index contributed by atoms with van der Waals surface area (Å²) in [5.41, 5.74) is -0.271. The molecule has 1 amide bonds. The second-order valence-electron chi connectivity index (χ2n) is 4.89. The number of thiazole rings is 1. The van der Waals surface area contributed by atoms with Crippen molar-refractivity contribution in [1.29, 1.82) is 0 Å². The number of carboxylic acids is 1. The normalized spacial score (nSPS) is 13.7. The van der Waals surface area contributed by atoms with E-state index in [2.05, 4.69) is 15.4 Å². The third-order valence-electron chi connectivity index (χ3n) is 3.26. The Labute approximate surface area is 125 Å². The summed E-state index contributed by atoms with van der Waals surface area (Å²) in [4.78, 5) is 27.6. The first kappa shape index (κ1) is 15.2. The van der Waals surface area contributed by atoms with Crippen molar-refractivity contribution < 1.29 is 14.7 Å². The highest BCUT2D eigenvalue weighted by Gasteiger charge is 2.33. The van der Waals surface area contributed by atoms with Gasteiger partial charge in [0, 0.05) is 24.2 Å². The minimum Gasteiger partial charge on any atom is -0.480 e. The number of rotatable bonds is 5. The fraction of sp³-hybridized carbons (Fsp3) is 0.385. The molecule has 0 fully saturated rings. The van der Waals surface area contributed by atoms with E-state index in [0.29, 0.717) is 5.01 Å². The molecule has 0 aromatic carbocycles. The maximum absolute atomic E-state index is 12.1. The van der Waals surface area contributed by atoms with E-state index in [9.17, 15) is 14.7 Å². The van der Waals surface area contributed by atoms with Gasteiger partial charge in [0.15, 0.2) is 0 Å². The summed E-state index contributed by atoms with van der Waals surface area (Å²) in [6.45, 7) is 3.18. The number of nitrogens with one attached hydrogen (secondary N) is 1. The number of aromatic nitrogens is 3. The van der Waals surface area contributed by atoms with Gasteiger partial charge in [-0.3, -0.25) is 9.48 Å². The summed E-state index contributed by atoms with van der Waals surface area (Å²) >= 11 is 1.31. The smallest absolute Gasteiger partial charge is 0.329 e. The molecule has 2 heterocycles. The second kappa shape index (κ2) is 5.65. The first-order chi connectivity index (χ1) is 9.85. The molecular weight excluding hydrogens is 292 g/mol. The molecule has 1 unspecified atom stereocenters. The van der Waals surface area contributed by atoms with Crippen LogP contribution in [0.4, 0.5) is 0 Å². The molecule has 2 N–H and O–H groups in total. The number of aryl methyl sites for hydroxylation is 1. The lowest BCUT2D eigenvalue weighted by atomic mass is 9.99. The van der Waals surface area contributed by atoms with Crippen LogP contribution in [0.3, 0.4) is 0 Å². The molecule has 0 spiro atoms. The van der Waals surface area contributed by atoms with Crippen molar-refractivity contribution in [3.05, 3.63) is 23.5 Å². The largest absolute Gasteiger partial charge is 0.480 e. The molecule has 7 nitrogen and oxygen atoms in total. The van der Waals surface area contributed by atoms with E-state index in [0.717, 1.165) is 5.56 Å². The van der Waals surface area contributed by atoms with Crippen LogP contribution < -0.4 is 5.32 Å². The number of nitrogens with zero attached hydrogens (tertiary/aromatic N) is 3. The average Bonchev–Trinajstić information content (AvgIpc) is 3.06. The van der Waals surface area contributed by atoms with Crippen molar-refractivity contribution in [3.63, 3.8) is 0 Å². The number of hydrogen-bond acceptors (Lipinski definition) is 5. The zero-order valence-electron chi connectivity index (χ0n) is 12.0. The highest BCUT2D eigenvalue weighted by Crippen LogP contribution is 2.23. The minimum atomic E-state index is -1.30. The van der Waals surface area contributed by atoms with Gasteiger partial charge in [-0.25, -0.2) is 9.78 Å². The summed E-state index contributed by atoms with van der Waals surface area (Å²) in [7, 11) is 1.80. The van der Waals surface area contributed by atoms with Crippen LogP contribution in [0.2, 0.25) is 0 Å². The van der Waals surface area contributed by atoms with E-state index < -0.39 is 17.4 Å². The van der Waals surface area contributed by atoms with E-state index in [4.69, 9.17) is 0 Å². The highest BCUT2D eigenvalue weighted by atomic mass is 32.1. The Kier molecular flexibility index (Phi) is 4.08. The van der Waals surface area contributed by atoms with Crippen LogP contribution >= 0.6 is 11.3 Å². The van der Waals surface area contributed by atoms with Crippen molar-refractivity contribution in [2.45, 2.75) is 25.8 Å². The fourth-order valence-electron chi connectivity index (χ4n) is 1.65. The second-order valence-corrected chi connectivity index (χ2v) is 5.74. The Balaban J connectivity index is 2.18. The van der Waals surface area contributed by atoms with Crippen LogP contribution in [0.25, 0.3) is 10.6 Å². The molecule has 0 aliphatic carbocycles. The van der Waals surface area contributed by atoms with E-state index in [-0.39, 0.29) is 12.1 Å². The number of amides is 1. The van der Waals surface area contributed by atoms with Crippen LogP contribution in [-0.2, 0) is 11.8 Å². The van der Waals surface area contributed by atoms with E-state index in [1.807, 2.05) is 0 Å². The fourth-order valence-corrected chi connectivity index (χ4v) is 2.43. The van der Waals surface area contributed by atoms with Crippen molar-refractivity contribution in [3.8, 4) is 10.6 Å². The van der Waals surface area contributed by atoms with E-state index in [1.165, 1.54) is 18.3 Å². The lowest BCUT2D eigenvalue weighted by Gasteiger charge is -2.23. The van der Waals surface area contributed by atoms with Crippen LogP contribution in [0, 0.1) is 0 Å². The number of carbonyl (C=O) groups is 2. The monoisotopic (exact) mass is 308 g/mol. The molecule has 8 heteroatoms. The highest BCUT2D eigenvalue weighted by molar-refractivity contribution is 7.13. The molecule has 0 saturated heterocycles. The Hall–Kier alpha value is -2.22. The van der Waals surface area contributed by atoms with Gasteiger partial charge in [-0.2, -0.15) is 5.10 Å². The van der Waals surface area contributed by atoms with Gasteiger partial charge in [0.25, 0.3) is 5.91 Å². The number of aliphatic carboxylic acids is 1. The average molecular weight is 308 g/mol. The maximum atomic E-state index is 12.1. The van der Waals surface area contributed by atoms with Crippen molar-refractivity contribution in [2.75, 3.05) is 0 Å². The molecule has 2 aromatic rings. The standard InChI is InChI=1S/C13H16N4O3S/c1-4-13(2,12(19)20)16-10(18)9-7-21-11(15-9)8-5-14-17(3)6-8/h5-7H,4H2,1-3H3,(H,16,18)(H,19,20). The predicted molar refractivity (Wildman–Crippen MR) is 78.1 cm³/mol. The SMILES string of the molecule is CCC(C)(NC(=O)c1csc(-c2cnn(C)c2)n1)C(=O)O. The molecule has 2 aromatic heterocycles. The lowest BCUT2D eigenvalue weighted by molar-refractivity contribution is -0.143. The van der Waals surface area contributed by atoms with Gasteiger partial charge < -0.3 is 10.4 Å². The third-order valence-corrected chi connectivity index (χ3v) is 4.15. The first-order valence-corrected chi connectivity index (χ1v) is 7.24. The van der Waals surface area contributed by atoms with Gasteiger partial charge in [0.1, 0.15) is 16.2 Å². The molecule has 0 bridgehead atoms. The van der Waals surface area contributed by atoms with Gasteiger partial charge in [0.05, 0.1) is 6.20 Å². The molecule has 21 heavy (non-hydrogen) atoms. The maximum Gasteiger partial charge on any atom is 0.329 e. The Morgan fingerprint density at radius 2 is 2.24 bits per heavy atom. The topological polar surface area (TPSA) is 97.1 Å². The Bertz CT molecular complexity index is 679. The quantitative estimate of drug-likeness (QED) is 0.873. The zero-order valence-corrected chi connectivity index (χ0v) is 12.8. The van der Waals surface area contributed by atoms with Gasteiger partial charge in [-0.05, 0) is 13.3 Å². The molecule has 112 valence electrons. The van der Waals surface area contributed by atoms with Crippen molar-refractivity contribution in [2.24, 2.45) is 7.05 Å². The van der Waals surface area contributed by atoms with Crippen LogP contribution in [0.15, 0.2) is 17.8 Å². The predicted octanol–water partition coefficient (Wildman–Crippen LogP) is 1.53. The molecule has 0 saturated carbocycles. The zero-order chi connectivity index (χ0) is 15.6. The van der Waals surface area contributed by atoms with Crippen molar-refractivity contribution in [1.82, 2.24) is 20.1 Å². The first-order valence-electron chi connectivity index (χ1n) is 6.36. The minimum absolute atomic E-state index is 0.208. The third kappa shape index (κ3) is 3.10. The molecule has 1 atom stereocenters. The molecule has 2 rings (SSSR count). The number of carboxylic acid groups (broad SMARTS) is 1. The Morgan fingerprint density at radius 1 is 1.52 bits per heavy atom. The molecule has 0 aliphatic heterocycles. The summed E-state index contributed by atoms with van der Waals surface area (Å²) in [5.74, 6) is -1.56. The van der Waals surface area contributed by atoms with Gasteiger partial charge in [-0.15, -0.1) is 11.3 Å². The van der Waals surface area contributed by atoms with Crippen molar-refractivity contribution >= 4 is 23.2 Å². The number of hydrogen-bond donors (Lipinski definition) is 2. The lowest BCUT2D eigenvalue weighted by Crippen LogP contribution is -2.51. The summed E-state index contributed by atoms with van der Waals surface area (Å²) < 4.78 is 1.65. The van der Waals surface area contributed by atoms with Gasteiger partial charge in [-0.1, -0.05) is 6.92 Å². The van der Waals surface area contributed by atoms with E-state index >= 15 is 0 Å². The van der Waals surface area contributed by atoms with Crippen LogP contribution in [0.1, 0.15) is 30.8 Å². The Morgan fingerprint density at radius 3 is 2.76 bits per heavy atom. The van der Waals surface area contributed by atoms with E-state index in [1.54, 1.807) is 36.4 Å². The van der Waals surface area contributed by atoms with Gasteiger partial charge >= 0.3 is 5.97 Å². The molecule has 0 radical (unpaired) electrons.